The summed E-state index contributed by atoms with van der Waals surface area (Å²) in [6.45, 7) is 0.477. The molecule has 0 aliphatic rings. The van der Waals surface area contributed by atoms with Gasteiger partial charge in [0.05, 0.1) is 6.04 Å². The standard InChI is InChI=1S/C10H11ClN4/c11-9-3-1-8(2-4-9)10(5-12)15-7-13-6-14-15/h1-4,6-7,10H,5,12H2. The predicted molar refractivity (Wildman–Crippen MR) is 58.7 cm³/mol. The molecule has 0 amide bonds. The van der Waals surface area contributed by atoms with Crippen molar-refractivity contribution in [2.45, 2.75) is 6.04 Å². The number of rotatable bonds is 3. The van der Waals surface area contributed by atoms with Crippen LogP contribution in [0.15, 0.2) is 36.9 Å². The maximum atomic E-state index is 5.82. The van der Waals surface area contributed by atoms with E-state index in [1.807, 2.05) is 24.3 Å². The van der Waals surface area contributed by atoms with Crippen molar-refractivity contribution >= 4 is 11.6 Å². The smallest absolute Gasteiger partial charge is 0.137 e. The summed E-state index contributed by atoms with van der Waals surface area (Å²) in [5, 5.41) is 4.79. The molecule has 2 N–H and O–H groups in total. The van der Waals surface area contributed by atoms with Gasteiger partial charge in [-0.1, -0.05) is 23.7 Å². The van der Waals surface area contributed by atoms with E-state index >= 15 is 0 Å². The van der Waals surface area contributed by atoms with Crippen molar-refractivity contribution in [2.24, 2.45) is 5.73 Å². The number of halogens is 1. The molecule has 1 heterocycles. The van der Waals surface area contributed by atoms with Crippen LogP contribution in [0.3, 0.4) is 0 Å². The van der Waals surface area contributed by atoms with E-state index in [0.29, 0.717) is 11.6 Å². The van der Waals surface area contributed by atoms with Gasteiger partial charge in [0.1, 0.15) is 12.7 Å². The third kappa shape index (κ3) is 2.16. The molecular formula is C10H11ClN4. The molecule has 0 bridgehead atoms. The van der Waals surface area contributed by atoms with Crippen molar-refractivity contribution < 1.29 is 0 Å². The van der Waals surface area contributed by atoms with Gasteiger partial charge in [-0.3, -0.25) is 0 Å². The van der Waals surface area contributed by atoms with Crippen LogP contribution in [0.4, 0.5) is 0 Å². The van der Waals surface area contributed by atoms with Crippen LogP contribution < -0.4 is 5.73 Å². The second-order valence-corrected chi connectivity index (χ2v) is 3.61. The zero-order valence-electron chi connectivity index (χ0n) is 8.05. The third-order valence-corrected chi connectivity index (χ3v) is 2.49. The van der Waals surface area contributed by atoms with Gasteiger partial charge in [-0.05, 0) is 17.7 Å². The first-order valence-electron chi connectivity index (χ1n) is 4.61. The molecule has 1 aromatic carbocycles. The average molecular weight is 223 g/mol. The van der Waals surface area contributed by atoms with Crippen molar-refractivity contribution in [1.29, 1.82) is 0 Å². The highest BCUT2D eigenvalue weighted by molar-refractivity contribution is 6.30. The fourth-order valence-corrected chi connectivity index (χ4v) is 1.59. The van der Waals surface area contributed by atoms with Crippen molar-refractivity contribution in [3.05, 3.63) is 47.5 Å². The van der Waals surface area contributed by atoms with E-state index in [1.165, 1.54) is 6.33 Å². The summed E-state index contributed by atoms with van der Waals surface area (Å²) in [4.78, 5) is 3.90. The van der Waals surface area contributed by atoms with Gasteiger partial charge in [0, 0.05) is 11.6 Å². The Labute approximate surface area is 92.7 Å². The maximum Gasteiger partial charge on any atom is 0.137 e. The highest BCUT2D eigenvalue weighted by Crippen LogP contribution is 2.18. The summed E-state index contributed by atoms with van der Waals surface area (Å²) in [7, 11) is 0. The Bertz CT molecular complexity index is 409. The van der Waals surface area contributed by atoms with E-state index in [4.69, 9.17) is 17.3 Å². The molecule has 2 rings (SSSR count). The number of benzene rings is 1. The molecule has 78 valence electrons. The number of hydrogen-bond acceptors (Lipinski definition) is 3. The summed E-state index contributed by atoms with van der Waals surface area (Å²) in [5.41, 5.74) is 6.79. The lowest BCUT2D eigenvalue weighted by molar-refractivity contribution is 0.530. The third-order valence-electron chi connectivity index (χ3n) is 2.23. The summed E-state index contributed by atoms with van der Waals surface area (Å²) in [6.07, 6.45) is 3.16. The van der Waals surface area contributed by atoms with Crippen LogP contribution in [0.5, 0.6) is 0 Å². The second kappa shape index (κ2) is 4.42. The minimum atomic E-state index is 0.0183. The highest BCUT2D eigenvalue weighted by atomic mass is 35.5. The van der Waals surface area contributed by atoms with Gasteiger partial charge in [-0.15, -0.1) is 0 Å². The average Bonchev–Trinajstić information content (AvgIpc) is 2.75. The zero-order chi connectivity index (χ0) is 10.7. The topological polar surface area (TPSA) is 56.7 Å². The zero-order valence-corrected chi connectivity index (χ0v) is 8.80. The normalized spacial score (nSPS) is 12.7. The first-order valence-corrected chi connectivity index (χ1v) is 4.98. The minimum Gasteiger partial charge on any atom is -0.328 e. The number of hydrogen-bond donors (Lipinski definition) is 1. The van der Waals surface area contributed by atoms with Gasteiger partial charge in [0.2, 0.25) is 0 Å². The maximum absolute atomic E-state index is 5.82. The predicted octanol–water partition coefficient (Wildman–Crippen LogP) is 1.48. The van der Waals surface area contributed by atoms with Gasteiger partial charge in [0.15, 0.2) is 0 Å². The van der Waals surface area contributed by atoms with Crippen molar-refractivity contribution in [1.82, 2.24) is 14.8 Å². The molecule has 0 saturated heterocycles. The Kier molecular flexibility index (Phi) is 2.99. The molecule has 1 unspecified atom stereocenters. The first-order chi connectivity index (χ1) is 7.31. The Hall–Kier alpha value is -1.39. The molecule has 1 atom stereocenters. The van der Waals surface area contributed by atoms with Gasteiger partial charge in [0.25, 0.3) is 0 Å². The lowest BCUT2D eigenvalue weighted by atomic mass is 10.1. The van der Waals surface area contributed by atoms with Crippen LogP contribution in [-0.2, 0) is 0 Å². The Balaban J connectivity index is 2.31. The van der Waals surface area contributed by atoms with E-state index < -0.39 is 0 Å². The molecule has 0 spiro atoms. The van der Waals surface area contributed by atoms with Gasteiger partial charge in [-0.25, -0.2) is 9.67 Å². The summed E-state index contributed by atoms with van der Waals surface area (Å²) < 4.78 is 1.74. The minimum absolute atomic E-state index is 0.0183. The fourth-order valence-electron chi connectivity index (χ4n) is 1.46. The molecule has 2 aromatic rings. The largest absolute Gasteiger partial charge is 0.328 e. The molecule has 0 fully saturated rings. The lowest BCUT2D eigenvalue weighted by Crippen LogP contribution is -2.20. The molecule has 0 saturated carbocycles. The Morgan fingerprint density at radius 2 is 2.07 bits per heavy atom. The summed E-state index contributed by atoms with van der Waals surface area (Å²) in [5.74, 6) is 0. The van der Waals surface area contributed by atoms with E-state index in [0.717, 1.165) is 5.56 Å². The van der Waals surface area contributed by atoms with Crippen molar-refractivity contribution in [2.75, 3.05) is 6.54 Å². The fraction of sp³-hybridized carbons (Fsp3) is 0.200. The molecule has 1 aromatic heterocycles. The number of nitrogens with zero attached hydrogens (tertiary/aromatic N) is 3. The molecule has 0 aliphatic carbocycles. The molecular weight excluding hydrogens is 212 g/mol. The van der Waals surface area contributed by atoms with Crippen molar-refractivity contribution in [3.63, 3.8) is 0 Å². The molecule has 0 radical (unpaired) electrons. The monoisotopic (exact) mass is 222 g/mol. The quantitative estimate of drug-likeness (QED) is 0.856. The summed E-state index contributed by atoms with van der Waals surface area (Å²) in [6, 6.07) is 7.60. The molecule has 15 heavy (non-hydrogen) atoms. The molecule has 0 aliphatic heterocycles. The van der Waals surface area contributed by atoms with Gasteiger partial charge >= 0.3 is 0 Å². The van der Waals surface area contributed by atoms with Gasteiger partial charge < -0.3 is 5.73 Å². The van der Waals surface area contributed by atoms with E-state index in [-0.39, 0.29) is 6.04 Å². The van der Waals surface area contributed by atoms with Gasteiger partial charge in [-0.2, -0.15) is 5.10 Å². The van der Waals surface area contributed by atoms with Crippen LogP contribution in [-0.4, -0.2) is 21.3 Å². The highest BCUT2D eigenvalue weighted by Gasteiger charge is 2.11. The molecule has 4 nitrogen and oxygen atoms in total. The van der Waals surface area contributed by atoms with Crippen LogP contribution >= 0.6 is 11.6 Å². The number of aromatic nitrogens is 3. The SMILES string of the molecule is NCC(c1ccc(Cl)cc1)n1cncn1. The van der Waals surface area contributed by atoms with Crippen LogP contribution in [0.2, 0.25) is 5.02 Å². The second-order valence-electron chi connectivity index (χ2n) is 3.18. The number of nitrogens with two attached hydrogens (primary N) is 1. The van der Waals surface area contributed by atoms with E-state index in [2.05, 4.69) is 10.1 Å². The van der Waals surface area contributed by atoms with Crippen LogP contribution in [0, 0.1) is 0 Å². The van der Waals surface area contributed by atoms with Crippen LogP contribution in [0.25, 0.3) is 0 Å². The van der Waals surface area contributed by atoms with E-state index in [9.17, 15) is 0 Å². The molecule has 5 heteroatoms. The van der Waals surface area contributed by atoms with Crippen molar-refractivity contribution in [3.8, 4) is 0 Å². The first kappa shape index (κ1) is 10.1. The Morgan fingerprint density at radius 3 is 2.60 bits per heavy atom. The van der Waals surface area contributed by atoms with Crippen LogP contribution in [0.1, 0.15) is 11.6 Å². The lowest BCUT2D eigenvalue weighted by Gasteiger charge is -2.14. The summed E-state index contributed by atoms with van der Waals surface area (Å²) >= 11 is 5.82. The van der Waals surface area contributed by atoms with E-state index in [1.54, 1.807) is 11.0 Å². The Morgan fingerprint density at radius 1 is 1.33 bits per heavy atom.